The Morgan fingerprint density at radius 3 is 2.87 bits per heavy atom. The quantitative estimate of drug-likeness (QED) is 0.828. The molecule has 0 radical (unpaired) electrons. The average Bonchev–Trinajstić information content (AvgIpc) is 3.02. The standard InChI is InChI=1S/C15H16Cl2N4OS/c1-8-15(23-12-3-4-18-14(17)13(12)16)20-7-11(21-8)10-5-9(22-2)6-19-10/h3-4,7,9-10,19H,5-6H2,1-2H3. The van der Waals surface area contributed by atoms with Crippen LogP contribution in [0.1, 0.15) is 23.9 Å². The number of hydrogen-bond donors (Lipinski definition) is 1. The first-order valence-electron chi connectivity index (χ1n) is 7.16. The van der Waals surface area contributed by atoms with E-state index in [2.05, 4.69) is 20.3 Å². The number of rotatable bonds is 4. The number of aryl methyl sites for hydroxylation is 1. The van der Waals surface area contributed by atoms with Crippen molar-refractivity contribution in [1.29, 1.82) is 0 Å². The van der Waals surface area contributed by atoms with Crippen molar-refractivity contribution >= 4 is 35.0 Å². The number of aromatic nitrogens is 3. The summed E-state index contributed by atoms with van der Waals surface area (Å²) in [6.07, 6.45) is 4.57. The normalized spacial score (nSPS) is 20.9. The van der Waals surface area contributed by atoms with Crippen LogP contribution in [0.5, 0.6) is 0 Å². The highest BCUT2D eigenvalue weighted by Gasteiger charge is 2.26. The van der Waals surface area contributed by atoms with Crippen molar-refractivity contribution < 1.29 is 4.74 Å². The molecule has 1 fully saturated rings. The molecule has 5 nitrogen and oxygen atoms in total. The van der Waals surface area contributed by atoms with Crippen LogP contribution in [0.15, 0.2) is 28.4 Å². The molecular weight excluding hydrogens is 355 g/mol. The molecule has 8 heteroatoms. The highest BCUT2D eigenvalue weighted by molar-refractivity contribution is 7.99. The fourth-order valence-corrected chi connectivity index (χ4v) is 3.71. The van der Waals surface area contributed by atoms with Gasteiger partial charge in [-0.25, -0.2) is 9.97 Å². The summed E-state index contributed by atoms with van der Waals surface area (Å²) >= 11 is 13.6. The molecule has 2 aromatic rings. The number of nitrogens with one attached hydrogen (secondary N) is 1. The fourth-order valence-electron chi connectivity index (χ4n) is 2.45. The van der Waals surface area contributed by atoms with Crippen LogP contribution >= 0.6 is 35.0 Å². The highest BCUT2D eigenvalue weighted by atomic mass is 35.5. The zero-order valence-corrected chi connectivity index (χ0v) is 15.0. The van der Waals surface area contributed by atoms with Gasteiger partial charge in [0, 0.05) is 24.7 Å². The Hall–Kier alpha value is -0.920. The van der Waals surface area contributed by atoms with Gasteiger partial charge in [0.2, 0.25) is 0 Å². The van der Waals surface area contributed by atoms with Crippen molar-refractivity contribution in [3.8, 4) is 0 Å². The fraction of sp³-hybridized carbons (Fsp3) is 0.400. The maximum Gasteiger partial charge on any atom is 0.148 e. The third-order valence-corrected chi connectivity index (χ3v) is 5.75. The molecule has 2 aromatic heterocycles. The number of nitrogens with zero attached hydrogens (tertiary/aromatic N) is 3. The number of pyridine rings is 1. The molecule has 122 valence electrons. The highest BCUT2D eigenvalue weighted by Crippen LogP contribution is 2.36. The molecular formula is C15H16Cl2N4OS. The van der Waals surface area contributed by atoms with Gasteiger partial charge in [-0.3, -0.25) is 4.98 Å². The van der Waals surface area contributed by atoms with Crippen LogP contribution in [0.25, 0.3) is 0 Å². The van der Waals surface area contributed by atoms with Gasteiger partial charge in [0.1, 0.15) is 10.2 Å². The van der Waals surface area contributed by atoms with Gasteiger partial charge in [0.25, 0.3) is 0 Å². The summed E-state index contributed by atoms with van der Waals surface area (Å²) in [4.78, 5) is 14.0. The summed E-state index contributed by atoms with van der Waals surface area (Å²) in [5.74, 6) is 0. The van der Waals surface area contributed by atoms with Crippen LogP contribution < -0.4 is 5.32 Å². The predicted octanol–water partition coefficient (Wildman–Crippen LogP) is 3.69. The third kappa shape index (κ3) is 3.78. The van der Waals surface area contributed by atoms with Gasteiger partial charge in [-0.1, -0.05) is 35.0 Å². The lowest BCUT2D eigenvalue weighted by Crippen LogP contribution is -2.17. The Morgan fingerprint density at radius 1 is 1.35 bits per heavy atom. The van der Waals surface area contributed by atoms with Crippen molar-refractivity contribution in [2.75, 3.05) is 13.7 Å². The molecule has 0 amide bonds. The molecule has 0 bridgehead atoms. The van der Waals surface area contributed by atoms with E-state index in [9.17, 15) is 0 Å². The lowest BCUT2D eigenvalue weighted by atomic mass is 10.1. The molecule has 0 aromatic carbocycles. The van der Waals surface area contributed by atoms with E-state index in [1.165, 1.54) is 11.8 Å². The van der Waals surface area contributed by atoms with Gasteiger partial charge in [-0.15, -0.1) is 0 Å². The van der Waals surface area contributed by atoms with E-state index in [1.54, 1.807) is 13.3 Å². The van der Waals surface area contributed by atoms with Crippen LogP contribution in [-0.2, 0) is 4.74 Å². The number of halogens is 2. The van der Waals surface area contributed by atoms with Crippen molar-refractivity contribution in [3.05, 3.63) is 40.0 Å². The molecule has 3 heterocycles. The number of ether oxygens (including phenoxy) is 1. The third-order valence-electron chi connectivity index (χ3n) is 3.72. The summed E-state index contributed by atoms with van der Waals surface area (Å²) in [7, 11) is 1.73. The summed E-state index contributed by atoms with van der Waals surface area (Å²) in [6.45, 7) is 2.78. The Morgan fingerprint density at radius 2 is 2.17 bits per heavy atom. The van der Waals surface area contributed by atoms with E-state index in [0.29, 0.717) is 10.2 Å². The molecule has 0 aliphatic carbocycles. The van der Waals surface area contributed by atoms with Gasteiger partial charge < -0.3 is 10.1 Å². The molecule has 1 aliphatic heterocycles. The summed E-state index contributed by atoms with van der Waals surface area (Å²) in [6, 6.07) is 2.00. The monoisotopic (exact) mass is 370 g/mol. The van der Waals surface area contributed by atoms with Crippen LogP contribution in [0.2, 0.25) is 10.2 Å². The molecule has 2 unspecified atom stereocenters. The second kappa shape index (κ2) is 7.32. The molecule has 0 spiro atoms. The van der Waals surface area contributed by atoms with E-state index < -0.39 is 0 Å². The van der Waals surface area contributed by atoms with E-state index in [4.69, 9.17) is 27.9 Å². The minimum absolute atomic E-state index is 0.184. The zero-order valence-electron chi connectivity index (χ0n) is 12.7. The predicted molar refractivity (Wildman–Crippen MR) is 91.3 cm³/mol. The lowest BCUT2D eigenvalue weighted by Gasteiger charge is -2.12. The minimum Gasteiger partial charge on any atom is -0.380 e. The van der Waals surface area contributed by atoms with Crippen LogP contribution in [-0.4, -0.2) is 34.7 Å². The Kier molecular flexibility index (Phi) is 5.38. The Balaban J connectivity index is 1.79. The van der Waals surface area contributed by atoms with Crippen molar-refractivity contribution in [2.45, 2.75) is 35.4 Å². The van der Waals surface area contributed by atoms with Gasteiger partial charge in [0.15, 0.2) is 0 Å². The van der Waals surface area contributed by atoms with E-state index in [0.717, 1.165) is 34.3 Å². The summed E-state index contributed by atoms with van der Waals surface area (Å²) in [5, 5.41) is 4.94. The van der Waals surface area contributed by atoms with E-state index >= 15 is 0 Å². The first-order chi connectivity index (χ1) is 11.1. The molecule has 0 saturated carbocycles. The van der Waals surface area contributed by atoms with Gasteiger partial charge in [0.05, 0.1) is 34.8 Å². The summed E-state index contributed by atoms with van der Waals surface area (Å²) in [5.41, 5.74) is 1.80. The van der Waals surface area contributed by atoms with Crippen LogP contribution in [0.3, 0.4) is 0 Å². The first-order valence-corrected chi connectivity index (χ1v) is 8.73. The number of methoxy groups -OCH3 is 1. The second-order valence-corrected chi connectivity index (χ2v) is 7.02. The molecule has 1 saturated heterocycles. The maximum atomic E-state index is 6.17. The van der Waals surface area contributed by atoms with Crippen LogP contribution in [0, 0.1) is 6.92 Å². The molecule has 3 rings (SSSR count). The maximum absolute atomic E-state index is 6.17. The van der Waals surface area contributed by atoms with Gasteiger partial charge >= 0.3 is 0 Å². The van der Waals surface area contributed by atoms with Crippen molar-refractivity contribution in [1.82, 2.24) is 20.3 Å². The topological polar surface area (TPSA) is 59.9 Å². The molecule has 23 heavy (non-hydrogen) atoms. The molecule has 1 aliphatic rings. The Labute approximate surface area is 149 Å². The lowest BCUT2D eigenvalue weighted by molar-refractivity contribution is 0.117. The van der Waals surface area contributed by atoms with Crippen molar-refractivity contribution in [3.63, 3.8) is 0 Å². The zero-order chi connectivity index (χ0) is 16.4. The molecule has 1 N–H and O–H groups in total. The second-order valence-electron chi connectivity index (χ2n) is 5.26. The minimum atomic E-state index is 0.184. The first kappa shape index (κ1) is 16.9. The van der Waals surface area contributed by atoms with Gasteiger partial charge in [-0.05, 0) is 19.4 Å². The van der Waals surface area contributed by atoms with E-state index in [-0.39, 0.29) is 12.1 Å². The average molecular weight is 371 g/mol. The van der Waals surface area contributed by atoms with Gasteiger partial charge in [-0.2, -0.15) is 0 Å². The van der Waals surface area contributed by atoms with Crippen molar-refractivity contribution in [2.24, 2.45) is 0 Å². The Bertz CT molecular complexity index is 716. The van der Waals surface area contributed by atoms with E-state index in [1.807, 2.05) is 19.2 Å². The SMILES string of the molecule is COC1CNC(c2cnc(Sc3ccnc(Cl)c3Cl)c(C)n2)C1. The summed E-state index contributed by atoms with van der Waals surface area (Å²) < 4.78 is 5.37. The van der Waals surface area contributed by atoms with Crippen LogP contribution in [0.4, 0.5) is 0 Å². The largest absolute Gasteiger partial charge is 0.380 e. The smallest absolute Gasteiger partial charge is 0.148 e. The molecule has 2 atom stereocenters. The number of hydrogen-bond acceptors (Lipinski definition) is 6.